The molecule has 0 spiro atoms. The number of hydrogen-bond donors (Lipinski definition) is 1. The van der Waals surface area contributed by atoms with E-state index in [2.05, 4.69) is 17.2 Å². The zero-order valence-corrected chi connectivity index (χ0v) is 17.5. The normalized spacial score (nSPS) is 10.9. The zero-order chi connectivity index (χ0) is 21.8. The molecule has 31 heavy (non-hydrogen) atoms. The molecule has 2 aromatic heterocycles. The Morgan fingerprint density at radius 2 is 1.81 bits per heavy atom. The van der Waals surface area contributed by atoms with E-state index in [1.807, 2.05) is 43.3 Å². The van der Waals surface area contributed by atoms with E-state index in [9.17, 15) is 9.59 Å². The lowest BCUT2D eigenvalue weighted by atomic mass is 10.1. The van der Waals surface area contributed by atoms with Crippen molar-refractivity contribution in [2.45, 2.75) is 26.8 Å². The van der Waals surface area contributed by atoms with Crippen molar-refractivity contribution in [1.29, 1.82) is 0 Å². The number of anilines is 1. The van der Waals surface area contributed by atoms with Gasteiger partial charge in [-0.05, 0) is 55.3 Å². The second-order valence-corrected chi connectivity index (χ2v) is 7.05. The predicted molar refractivity (Wildman–Crippen MR) is 121 cm³/mol. The first-order valence-corrected chi connectivity index (χ1v) is 10.3. The standard InChI is InChI=1S/C24H24N4O3/c1-3-17-11-13-18(14-12-17)28-24(30)19-8-7-15-25-23(19)27(28)16-22(29)26-20-9-5-6-10-21(20)31-4-2/h5-15H,3-4,16H2,1-2H3,(H,26,29). The Hall–Kier alpha value is -3.87. The Kier molecular flexibility index (Phi) is 5.84. The summed E-state index contributed by atoms with van der Waals surface area (Å²) in [7, 11) is 0. The fourth-order valence-electron chi connectivity index (χ4n) is 3.54. The number of amides is 1. The molecule has 2 aromatic carbocycles. The quantitative estimate of drug-likeness (QED) is 0.497. The number of aromatic nitrogens is 3. The molecule has 0 aliphatic heterocycles. The van der Waals surface area contributed by atoms with Crippen LogP contribution in [0.5, 0.6) is 5.75 Å². The van der Waals surface area contributed by atoms with Crippen LogP contribution in [0.15, 0.2) is 71.7 Å². The summed E-state index contributed by atoms with van der Waals surface area (Å²) in [5.74, 6) is 0.315. The Morgan fingerprint density at radius 3 is 2.55 bits per heavy atom. The number of pyridine rings is 1. The lowest BCUT2D eigenvalue weighted by Crippen LogP contribution is -2.27. The van der Waals surface area contributed by atoms with E-state index in [-0.39, 0.29) is 18.0 Å². The van der Waals surface area contributed by atoms with Gasteiger partial charge in [0.15, 0.2) is 5.65 Å². The van der Waals surface area contributed by atoms with Crippen LogP contribution in [0.3, 0.4) is 0 Å². The van der Waals surface area contributed by atoms with Gasteiger partial charge in [-0.15, -0.1) is 0 Å². The van der Waals surface area contributed by atoms with Gasteiger partial charge in [0.05, 0.1) is 23.4 Å². The van der Waals surface area contributed by atoms with Crippen molar-refractivity contribution >= 4 is 22.6 Å². The third-order valence-electron chi connectivity index (χ3n) is 5.04. The van der Waals surface area contributed by atoms with Crippen LogP contribution in [0.2, 0.25) is 0 Å². The number of carbonyl (C=O) groups excluding carboxylic acids is 1. The molecule has 1 amide bonds. The van der Waals surface area contributed by atoms with Crippen molar-refractivity contribution < 1.29 is 9.53 Å². The number of hydrogen-bond acceptors (Lipinski definition) is 4. The fourth-order valence-corrected chi connectivity index (χ4v) is 3.54. The van der Waals surface area contributed by atoms with Crippen LogP contribution < -0.4 is 15.6 Å². The molecule has 0 bridgehead atoms. The lowest BCUT2D eigenvalue weighted by Gasteiger charge is -2.14. The summed E-state index contributed by atoms with van der Waals surface area (Å²) in [5, 5.41) is 3.35. The van der Waals surface area contributed by atoms with Crippen molar-refractivity contribution in [3.63, 3.8) is 0 Å². The van der Waals surface area contributed by atoms with Crippen molar-refractivity contribution in [2.24, 2.45) is 0 Å². The molecule has 0 radical (unpaired) electrons. The van der Waals surface area contributed by atoms with Gasteiger partial charge in [0.1, 0.15) is 12.3 Å². The van der Waals surface area contributed by atoms with E-state index < -0.39 is 0 Å². The minimum atomic E-state index is -0.284. The predicted octanol–water partition coefficient (Wildman–Crippen LogP) is 3.79. The van der Waals surface area contributed by atoms with E-state index in [4.69, 9.17) is 4.74 Å². The maximum absolute atomic E-state index is 13.1. The molecule has 0 saturated heterocycles. The molecule has 7 nitrogen and oxygen atoms in total. The molecule has 0 fully saturated rings. The monoisotopic (exact) mass is 416 g/mol. The third-order valence-corrected chi connectivity index (χ3v) is 5.04. The average Bonchev–Trinajstić information content (AvgIpc) is 3.07. The fraction of sp³-hybridized carbons (Fsp3) is 0.208. The lowest BCUT2D eigenvalue weighted by molar-refractivity contribution is -0.117. The summed E-state index contributed by atoms with van der Waals surface area (Å²) in [4.78, 5) is 30.4. The van der Waals surface area contributed by atoms with Crippen molar-refractivity contribution in [3.8, 4) is 11.4 Å². The molecular weight excluding hydrogens is 392 g/mol. The molecule has 4 aromatic rings. The minimum Gasteiger partial charge on any atom is -0.492 e. The van der Waals surface area contributed by atoms with Crippen molar-refractivity contribution in [3.05, 3.63) is 82.8 Å². The van der Waals surface area contributed by atoms with Gasteiger partial charge < -0.3 is 10.1 Å². The first-order chi connectivity index (χ1) is 15.1. The second-order valence-electron chi connectivity index (χ2n) is 7.05. The summed E-state index contributed by atoms with van der Waals surface area (Å²) < 4.78 is 8.70. The van der Waals surface area contributed by atoms with Crippen molar-refractivity contribution in [1.82, 2.24) is 14.3 Å². The van der Waals surface area contributed by atoms with Crippen LogP contribution in [0.25, 0.3) is 16.7 Å². The van der Waals surface area contributed by atoms with Gasteiger partial charge in [0.2, 0.25) is 5.91 Å². The molecule has 0 saturated carbocycles. The summed E-state index contributed by atoms with van der Waals surface area (Å²) >= 11 is 0. The molecule has 4 rings (SSSR count). The highest BCUT2D eigenvalue weighted by molar-refractivity contribution is 5.93. The molecule has 7 heteroatoms. The van der Waals surface area contributed by atoms with Gasteiger partial charge in [-0.3, -0.25) is 14.3 Å². The van der Waals surface area contributed by atoms with Crippen LogP contribution in [0, 0.1) is 0 Å². The van der Waals surface area contributed by atoms with Crippen LogP contribution in [0.4, 0.5) is 5.69 Å². The maximum Gasteiger partial charge on any atom is 0.280 e. The molecular formula is C24H24N4O3. The van der Waals surface area contributed by atoms with Gasteiger partial charge in [-0.25, -0.2) is 9.67 Å². The maximum atomic E-state index is 13.1. The Labute approximate surface area is 179 Å². The number of nitrogens with one attached hydrogen (secondary N) is 1. The van der Waals surface area contributed by atoms with E-state index >= 15 is 0 Å². The average molecular weight is 416 g/mol. The number of fused-ring (bicyclic) bond motifs is 1. The number of aryl methyl sites for hydroxylation is 1. The molecule has 2 heterocycles. The number of rotatable bonds is 7. The first kappa shape index (κ1) is 20.4. The topological polar surface area (TPSA) is 78.2 Å². The van der Waals surface area contributed by atoms with E-state index in [1.165, 1.54) is 10.2 Å². The Balaban J connectivity index is 1.73. The first-order valence-electron chi connectivity index (χ1n) is 10.3. The zero-order valence-electron chi connectivity index (χ0n) is 17.5. The molecule has 0 aliphatic rings. The highest BCUT2D eigenvalue weighted by Crippen LogP contribution is 2.24. The SMILES string of the molecule is CCOc1ccccc1NC(=O)Cn1c2ncccc2c(=O)n1-c1ccc(CC)cc1. The summed E-state index contributed by atoms with van der Waals surface area (Å²) in [6.07, 6.45) is 2.52. The number of para-hydroxylation sites is 2. The molecule has 0 aliphatic carbocycles. The molecule has 158 valence electrons. The largest absolute Gasteiger partial charge is 0.492 e. The summed E-state index contributed by atoms with van der Waals surface area (Å²) in [5.41, 5.74) is 2.68. The van der Waals surface area contributed by atoms with Gasteiger partial charge >= 0.3 is 0 Å². The summed E-state index contributed by atoms with van der Waals surface area (Å²) in [6, 6.07) is 18.4. The highest BCUT2D eigenvalue weighted by atomic mass is 16.5. The Morgan fingerprint density at radius 1 is 1.03 bits per heavy atom. The van der Waals surface area contributed by atoms with Gasteiger partial charge in [-0.2, -0.15) is 0 Å². The van der Waals surface area contributed by atoms with Crippen molar-refractivity contribution in [2.75, 3.05) is 11.9 Å². The third kappa shape index (κ3) is 4.07. The molecule has 0 unspecified atom stereocenters. The van der Waals surface area contributed by atoms with E-state index in [1.54, 1.807) is 35.1 Å². The van der Waals surface area contributed by atoms with Crippen LogP contribution in [-0.4, -0.2) is 26.9 Å². The van der Waals surface area contributed by atoms with Crippen LogP contribution >= 0.6 is 0 Å². The van der Waals surface area contributed by atoms with Gasteiger partial charge in [0.25, 0.3) is 5.56 Å². The minimum absolute atomic E-state index is 0.0776. The number of carbonyl (C=O) groups is 1. The highest BCUT2D eigenvalue weighted by Gasteiger charge is 2.18. The smallest absolute Gasteiger partial charge is 0.280 e. The van der Waals surface area contributed by atoms with E-state index in [0.29, 0.717) is 34.8 Å². The summed E-state index contributed by atoms with van der Waals surface area (Å²) in [6.45, 7) is 4.38. The number of ether oxygens (including phenoxy) is 1. The molecule has 1 N–H and O–H groups in total. The van der Waals surface area contributed by atoms with Gasteiger partial charge in [-0.1, -0.05) is 31.2 Å². The Bertz CT molecular complexity index is 1270. The van der Waals surface area contributed by atoms with Gasteiger partial charge in [0, 0.05) is 6.20 Å². The number of benzene rings is 2. The van der Waals surface area contributed by atoms with Crippen LogP contribution in [0.1, 0.15) is 19.4 Å². The van der Waals surface area contributed by atoms with E-state index in [0.717, 1.165) is 6.42 Å². The second kappa shape index (κ2) is 8.87. The molecule has 0 atom stereocenters. The van der Waals surface area contributed by atoms with Crippen LogP contribution in [-0.2, 0) is 17.8 Å². The number of nitrogens with zero attached hydrogens (tertiary/aromatic N) is 3.